The van der Waals surface area contributed by atoms with Gasteiger partial charge in [-0.2, -0.15) is 0 Å². The Morgan fingerprint density at radius 2 is 1.89 bits per heavy atom. The first-order valence-corrected chi connectivity index (χ1v) is 10.9. The molecule has 0 aromatic heterocycles. The van der Waals surface area contributed by atoms with Gasteiger partial charge in [-0.05, 0) is 0 Å². The predicted molar refractivity (Wildman–Crippen MR) is 78.6 cm³/mol. The molecule has 3 nitrogen and oxygen atoms in total. The number of nitrogens with one attached hydrogen (secondary N) is 1. The Kier molecular flexibility index (Phi) is 4.36. The van der Waals surface area contributed by atoms with Crippen molar-refractivity contribution < 1.29 is 31.0 Å². The van der Waals surface area contributed by atoms with Crippen molar-refractivity contribution in [3.63, 3.8) is 0 Å². The number of rotatable bonds is 3. The standard InChI is InChI=1S/C14H22I2NO2/c1-13(19-12(18)10(15)11-16-17-11)6-5-9-14(13)7-3-2-4-8-14/h10-11,17H,2-9H2,1H3/q-1. The van der Waals surface area contributed by atoms with E-state index in [4.69, 9.17) is 4.74 Å². The molecule has 3 rings (SSSR count). The van der Waals surface area contributed by atoms with Crippen molar-refractivity contribution in [3.05, 3.63) is 0 Å². The summed E-state index contributed by atoms with van der Waals surface area (Å²) >= 11 is 2.34. The van der Waals surface area contributed by atoms with Gasteiger partial charge in [0.1, 0.15) is 0 Å². The van der Waals surface area contributed by atoms with E-state index in [-0.39, 0.29) is 37.0 Å². The molecule has 1 spiro atoms. The van der Waals surface area contributed by atoms with Crippen molar-refractivity contribution in [1.82, 2.24) is 3.53 Å². The summed E-state index contributed by atoms with van der Waals surface area (Å²) in [5.74, 6) is 0.0321. The van der Waals surface area contributed by atoms with E-state index in [2.05, 4.69) is 33.0 Å². The number of ether oxygens (including phenoxy) is 1. The van der Waals surface area contributed by atoms with Crippen LogP contribution < -0.4 is 25.0 Å². The molecule has 1 N–H and O–H groups in total. The van der Waals surface area contributed by atoms with Crippen molar-refractivity contribution in [2.75, 3.05) is 0 Å². The van der Waals surface area contributed by atoms with Crippen LogP contribution >= 0.6 is 22.6 Å². The normalized spacial score (nSPS) is 38.5. The summed E-state index contributed by atoms with van der Waals surface area (Å²) in [4.78, 5) is 12.4. The van der Waals surface area contributed by atoms with Crippen LogP contribution in [0.25, 0.3) is 0 Å². The molecule has 19 heavy (non-hydrogen) atoms. The van der Waals surface area contributed by atoms with Crippen molar-refractivity contribution in [3.8, 4) is 0 Å². The quantitative estimate of drug-likeness (QED) is 0.153. The summed E-state index contributed by atoms with van der Waals surface area (Å²) in [7, 11) is 0. The summed E-state index contributed by atoms with van der Waals surface area (Å²) in [6, 6.07) is 0. The van der Waals surface area contributed by atoms with E-state index in [9.17, 15) is 4.79 Å². The zero-order chi connectivity index (χ0) is 13.5. The van der Waals surface area contributed by atoms with Crippen molar-refractivity contribution in [2.45, 2.75) is 71.9 Å². The molecule has 3 aliphatic rings. The van der Waals surface area contributed by atoms with E-state index >= 15 is 0 Å². The van der Waals surface area contributed by atoms with E-state index in [0.717, 1.165) is 6.42 Å². The van der Waals surface area contributed by atoms with Gasteiger partial charge in [0.15, 0.2) is 0 Å². The van der Waals surface area contributed by atoms with Gasteiger partial charge in [-0.15, -0.1) is 0 Å². The van der Waals surface area contributed by atoms with E-state index in [1.807, 2.05) is 0 Å². The van der Waals surface area contributed by atoms with Gasteiger partial charge in [0.05, 0.1) is 0 Å². The summed E-state index contributed by atoms with van der Waals surface area (Å²) in [6.45, 7) is 2.21. The molecule has 0 aromatic carbocycles. The molecule has 1 heterocycles. The molecule has 1 saturated heterocycles. The Morgan fingerprint density at radius 3 is 2.53 bits per heavy atom. The Bertz CT molecular complexity index is 366. The number of carbonyl (C=O) groups excluding carboxylic acids is 1. The van der Waals surface area contributed by atoms with Crippen LogP contribution in [0.2, 0.25) is 0 Å². The van der Waals surface area contributed by atoms with Crippen LogP contribution in [-0.2, 0) is 9.53 Å². The third-order valence-corrected chi connectivity index (χ3v) is 9.95. The van der Waals surface area contributed by atoms with Gasteiger partial charge in [-0.1, -0.05) is 0 Å². The van der Waals surface area contributed by atoms with E-state index in [1.165, 1.54) is 44.9 Å². The van der Waals surface area contributed by atoms with E-state index < -0.39 is 0 Å². The van der Waals surface area contributed by atoms with Gasteiger partial charge in [-0.25, -0.2) is 0 Å². The number of carbonyl (C=O) groups is 1. The predicted octanol–water partition coefficient (Wildman–Crippen LogP) is 0.160. The monoisotopic (exact) mass is 490 g/mol. The molecule has 0 amide bonds. The van der Waals surface area contributed by atoms with Crippen LogP contribution in [0, 0.1) is 5.41 Å². The number of hydrogen-bond donors (Lipinski definition) is 1. The summed E-state index contributed by atoms with van der Waals surface area (Å²) in [5, 5.41) is 0. The molecule has 110 valence electrons. The molecule has 2 saturated carbocycles. The van der Waals surface area contributed by atoms with Crippen molar-refractivity contribution in [2.24, 2.45) is 5.41 Å². The average molecular weight is 490 g/mol. The van der Waals surface area contributed by atoms with Crippen molar-refractivity contribution >= 4 is 28.6 Å². The Morgan fingerprint density at radius 1 is 1.26 bits per heavy atom. The molecule has 3 fully saturated rings. The minimum atomic E-state index is -0.193. The second kappa shape index (κ2) is 5.59. The third-order valence-electron chi connectivity index (χ3n) is 5.28. The van der Waals surface area contributed by atoms with Crippen LogP contribution in [-0.4, -0.2) is 19.5 Å². The Hall–Kier alpha value is 0.890. The fraction of sp³-hybridized carbons (Fsp3) is 0.929. The fourth-order valence-corrected chi connectivity index (χ4v) is 7.09. The average Bonchev–Trinajstić information content (AvgIpc) is 3.19. The van der Waals surface area contributed by atoms with Crippen LogP contribution in [0.5, 0.6) is 0 Å². The topological polar surface area (TPSA) is 48.2 Å². The molecule has 0 aromatic rings. The molecular weight excluding hydrogens is 468 g/mol. The number of alkyl halides is 2. The fourth-order valence-electron chi connectivity index (χ4n) is 4.01. The SMILES string of the molecule is CC1(OC(=O)C(I)C2N[I-]2)CCCC12CCCCC2. The Balaban J connectivity index is 1.71. The first-order valence-electron chi connectivity index (χ1n) is 7.31. The second-order valence-corrected chi connectivity index (χ2v) is 10.3. The first kappa shape index (κ1) is 14.8. The zero-order valence-corrected chi connectivity index (χ0v) is 15.7. The first-order chi connectivity index (χ1) is 9.06. The number of esters is 1. The molecule has 0 radical (unpaired) electrons. The molecule has 1 aliphatic heterocycles. The summed E-state index contributed by atoms with van der Waals surface area (Å²) in [5.41, 5.74) is 0.102. The number of halogens is 2. The second-order valence-electron chi connectivity index (χ2n) is 6.37. The van der Waals surface area contributed by atoms with Crippen LogP contribution in [0.15, 0.2) is 0 Å². The molecule has 0 bridgehead atoms. The molecule has 3 atom stereocenters. The maximum atomic E-state index is 12.4. The van der Waals surface area contributed by atoms with Crippen molar-refractivity contribution in [1.29, 1.82) is 0 Å². The van der Waals surface area contributed by atoms with E-state index in [1.54, 1.807) is 0 Å². The van der Waals surface area contributed by atoms with E-state index in [0.29, 0.717) is 9.46 Å². The zero-order valence-electron chi connectivity index (χ0n) is 11.4. The molecule has 3 unspecified atom stereocenters. The molecular formula is C14H22I2NO2-. The van der Waals surface area contributed by atoms with Gasteiger partial charge in [0.25, 0.3) is 0 Å². The van der Waals surface area contributed by atoms with Crippen LogP contribution in [0.4, 0.5) is 0 Å². The third kappa shape index (κ3) is 2.80. The van der Waals surface area contributed by atoms with Crippen LogP contribution in [0.1, 0.15) is 58.3 Å². The van der Waals surface area contributed by atoms with Gasteiger partial charge in [0.2, 0.25) is 0 Å². The van der Waals surface area contributed by atoms with Crippen LogP contribution in [0.3, 0.4) is 0 Å². The Labute approximate surface area is 139 Å². The van der Waals surface area contributed by atoms with Gasteiger partial charge in [-0.3, -0.25) is 0 Å². The molecule has 2 aliphatic carbocycles. The number of hydrogen-bond acceptors (Lipinski definition) is 3. The van der Waals surface area contributed by atoms with Gasteiger partial charge < -0.3 is 0 Å². The van der Waals surface area contributed by atoms with Gasteiger partial charge >= 0.3 is 140 Å². The summed E-state index contributed by atoms with van der Waals surface area (Å²) in [6.07, 6.45) is 10.1. The van der Waals surface area contributed by atoms with Gasteiger partial charge in [0, 0.05) is 0 Å². The summed E-state index contributed by atoms with van der Waals surface area (Å²) < 4.78 is 9.90. The minimum absolute atomic E-state index is 0.0310. The maximum absolute atomic E-state index is 12.4. The molecule has 5 heteroatoms.